The number of rotatable bonds is 4. The van der Waals surface area contributed by atoms with Crippen LogP contribution in [0.5, 0.6) is 0 Å². The molecule has 0 atom stereocenters. The summed E-state index contributed by atoms with van der Waals surface area (Å²) < 4.78 is 5.86. The normalized spacial score (nSPS) is 14.8. The number of nitrogens with one attached hydrogen (secondary N) is 2. The average molecular weight is 324 g/mol. The second-order valence-corrected chi connectivity index (χ2v) is 6.39. The lowest BCUT2D eigenvalue weighted by Crippen LogP contribution is -2.29. The molecule has 0 aromatic carbocycles. The monoisotopic (exact) mass is 323 g/mol. The number of amides is 1. The maximum Gasteiger partial charge on any atom is 0.273 e. The van der Waals surface area contributed by atoms with Crippen molar-refractivity contribution in [1.29, 1.82) is 0 Å². The first-order valence-corrected chi connectivity index (χ1v) is 7.81. The van der Waals surface area contributed by atoms with E-state index in [9.17, 15) is 4.79 Å². The van der Waals surface area contributed by atoms with Gasteiger partial charge in [-0.3, -0.25) is 4.79 Å². The van der Waals surface area contributed by atoms with Crippen molar-refractivity contribution in [2.24, 2.45) is 0 Å². The van der Waals surface area contributed by atoms with Gasteiger partial charge in [0, 0.05) is 19.2 Å². The van der Waals surface area contributed by atoms with E-state index in [0.717, 1.165) is 24.4 Å². The fraction of sp³-hybridized carbons (Fsp3) is 0.286. The Balaban J connectivity index is 1.62. The zero-order valence-corrected chi connectivity index (χ0v) is 12.8. The Labute approximate surface area is 131 Å². The molecule has 2 aromatic rings. The number of hydrogen-bond donors (Lipinski definition) is 2. The van der Waals surface area contributed by atoms with Gasteiger partial charge in [-0.1, -0.05) is 28.4 Å². The summed E-state index contributed by atoms with van der Waals surface area (Å²) in [4.78, 5) is 12.9. The zero-order chi connectivity index (χ0) is 14.7. The summed E-state index contributed by atoms with van der Waals surface area (Å²) in [5.41, 5.74) is 1.51. The topological polar surface area (TPSA) is 67.2 Å². The standard InChI is InChI=1S/C14H14ClN3O2S/c15-13-2-1-12(21-13)11-7-10(18-20-11)14(19)17-8-9-3-5-16-6-4-9/h1-3,7,16H,4-6,8H2,(H,17,19). The third kappa shape index (κ3) is 3.53. The highest BCUT2D eigenvalue weighted by atomic mass is 35.5. The number of thiophene rings is 1. The van der Waals surface area contributed by atoms with Crippen molar-refractivity contribution in [3.05, 3.63) is 39.9 Å². The van der Waals surface area contributed by atoms with E-state index in [1.54, 1.807) is 12.1 Å². The number of nitrogens with zero attached hydrogens (tertiary/aromatic N) is 1. The lowest BCUT2D eigenvalue weighted by atomic mass is 10.1. The second kappa shape index (κ2) is 6.43. The van der Waals surface area contributed by atoms with Gasteiger partial charge in [-0.2, -0.15) is 0 Å². The first-order valence-electron chi connectivity index (χ1n) is 6.61. The number of hydrogen-bond acceptors (Lipinski definition) is 5. The Morgan fingerprint density at radius 1 is 1.52 bits per heavy atom. The summed E-state index contributed by atoms with van der Waals surface area (Å²) in [5, 5.41) is 9.90. The second-order valence-electron chi connectivity index (χ2n) is 4.68. The molecule has 0 unspecified atom stereocenters. The van der Waals surface area contributed by atoms with Crippen LogP contribution in [0.4, 0.5) is 0 Å². The molecule has 110 valence electrons. The summed E-state index contributed by atoms with van der Waals surface area (Å²) in [6.07, 6.45) is 3.06. The van der Waals surface area contributed by atoms with Crippen LogP contribution in [0.2, 0.25) is 4.34 Å². The van der Waals surface area contributed by atoms with Crippen molar-refractivity contribution in [2.75, 3.05) is 19.6 Å². The van der Waals surface area contributed by atoms with Crippen LogP contribution in [0, 0.1) is 0 Å². The highest BCUT2D eigenvalue weighted by Crippen LogP contribution is 2.31. The van der Waals surface area contributed by atoms with Crippen molar-refractivity contribution < 1.29 is 9.32 Å². The summed E-state index contributed by atoms with van der Waals surface area (Å²) in [7, 11) is 0. The van der Waals surface area contributed by atoms with Crippen molar-refractivity contribution >= 4 is 28.8 Å². The van der Waals surface area contributed by atoms with Gasteiger partial charge in [-0.05, 0) is 25.1 Å². The van der Waals surface area contributed by atoms with E-state index in [2.05, 4.69) is 21.9 Å². The first kappa shape index (κ1) is 14.3. The van der Waals surface area contributed by atoms with E-state index < -0.39 is 0 Å². The van der Waals surface area contributed by atoms with Gasteiger partial charge in [0.25, 0.3) is 5.91 Å². The third-order valence-corrected chi connectivity index (χ3v) is 4.44. The van der Waals surface area contributed by atoms with Crippen LogP contribution in [0.15, 0.2) is 34.4 Å². The van der Waals surface area contributed by atoms with Gasteiger partial charge in [0.1, 0.15) is 0 Å². The Hall–Kier alpha value is -1.63. The Bertz CT molecular complexity index is 677. The maximum atomic E-state index is 12.0. The minimum atomic E-state index is -0.230. The summed E-state index contributed by atoms with van der Waals surface area (Å²) in [5.74, 6) is 0.324. The van der Waals surface area contributed by atoms with Gasteiger partial charge in [0.2, 0.25) is 0 Å². The number of carbonyl (C=O) groups excluding carboxylic acids is 1. The third-order valence-electron chi connectivity index (χ3n) is 3.19. The van der Waals surface area contributed by atoms with Crippen molar-refractivity contribution in [2.45, 2.75) is 6.42 Å². The molecule has 1 amide bonds. The Morgan fingerprint density at radius 3 is 3.14 bits per heavy atom. The summed E-state index contributed by atoms with van der Waals surface area (Å²) in [6, 6.07) is 5.26. The van der Waals surface area contributed by atoms with Gasteiger partial charge in [0.15, 0.2) is 11.5 Å². The van der Waals surface area contributed by atoms with Gasteiger partial charge in [0.05, 0.1) is 9.21 Å². The highest BCUT2D eigenvalue weighted by Gasteiger charge is 2.15. The molecule has 0 fully saturated rings. The first-order chi connectivity index (χ1) is 10.2. The minimum Gasteiger partial charge on any atom is -0.355 e. The van der Waals surface area contributed by atoms with Crippen LogP contribution in [0.1, 0.15) is 16.9 Å². The van der Waals surface area contributed by atoms with Crippen molar-refractivity contribution in [3.8, 4) is 10.6 Å². The molecule has 0 bridgehead atoms. The number of halogens is 1. The minimum absolute atomic E-state index is 0.230. The molecule has 3 rings (SSSR count). The predicted octanol–water partition coefficient (Wildman–Crippen LogP) is 2.71. The van der Waals surface area contributed by atoms with Crippen LogP contribution < -0.4 is 10.6 Å². The quantitative estimate of drug-likeness (QED) is 0.849. The summed E-state index contributed by atoms with van der Waals surface area (Å²) >= 11 is 7.27. The van der Waals surface area contributed by atoms with Crippen LogP contribution in [0.25, 0.3) is 10.6 Å². The van der Waals surface area contributed by atoms with Crippen molar-refractivity contribution in [1.82, 2.24) is 15.8 Å². The molecular formula is C14H14ClN3O2S. The van der Waals surface area contributed by atoms with Gasteiger partial charge < -0.3 is 15.2 Å². The van der Waals surface area contributed by atoms with Crippen LogP contribution in [-0.2, 0) is 0 Å². The smallest absolute Gasteiger partial charge is 0.273 e. The maximum absolute atomic E-state index is 12.0. The molecule has 2 aromatic heterocycles. The molecule has 3 heterocycles. The van der Waals surface area contributed by atoms with E-state index in [1.165, 1.54) is 16.9 Å². The van der Waals surface area contributed by atoms with E-state index in [1.807, 2.05) is 6.07 Å². The van der Waals surface area contributed by atoms with Crippen LogP contribution in [-0.4, -0.2) is 30.7 Å². The van der Waals surface area contributed by atoms with E-state index in [-0.39, 0.29) is 11.6 Å². The molecule has 5 nitrogen and oxygen atoms in total. The Kier molecular flexibility index (Phi) is 4.38. The zero-order valence-electron chi connectivity index (χ0n) is 11.2. The van der Waals surface area contributed by atoms with E-state index >= 15 is 0 Å². The van der Waals surface area contributed by atoms with Crippen LogP contribution in [0.3, 0.4) is 0 Å². The fourth-order valence-electron chi connectivity index (χ4n) is 2.06. The molecule has 21 heavy (non-hydrogen) atoms. The van der Waals surface area contributed by atoms with Crippen LogP contribution >= 0.6 is 22.9 Å². The molecule has 1 aliphatic heterocycles. The molecule has 0 spiro atoms. The predicted molar refractivity (Wildman–Crippen MR) is 82.7 cm³/mol. The molecule has 1 aliphatic rings. The molecule has 0 saturated heterocycles. The Morgan fingerprint density at radius 2 is 2.43 bits per heavy atom. The van der Waals surface area contributed by atoms with Gasteiger partial charge in [-0.15, -0.1) is 11.3 Å². The number of carbonyl (C=O) groups is 1. The summed E-state index contributed by atoms with van der Waals surface area (Å²) in [6.45, 7) is 2.36. The number of aromatic nitrogens is 1. The van der Waals surface area contributed by atoms with Gasteiger partial charge >= 0.3 is 0 Å². The highest BCUT2D eigenvalue weighted by molar-refractivity contribution is 7.19. The average Bonchev–Trinajstić information content (AvgIpc) is 3.14. The van der Waals surface area contributed by atoms with E-state index in [0.29, 0.717) is 16.6 Å². The SMILES string of the molecule is O=C(NCC1=CCNCC1)c1cc(-c2ccc(Cl)s2)on1. The lowest BCUT2D eigenvalue weighted by molar-refractivity contribution is 0.0947. The van der Waals surface area contributed by atoms with E-state index in [4.69, 9.17) is 16.1 Å². The molecule has 0 aliphatic carbocycles. The molecule has 7 heteroatoms. The van der Waals surface area contributed by atoms with Gasteiger partial charge in [-0.25, -0.2) is 0 Å². The fourth-order valence-corrected chi connectivity index (χ4v) is 3.05. The lowest BCUT2D eigenvalue weighted by Gasteiger charge is -2.13. The molecule has 0 saturated carbocycles. The molecular weight excluding hydrogens is 310 g/mol. The van der Waals surface area contributed by atoms with Crippen molar-refractivity contribution in [3.63, 3.8) is 0 Å². The largest absolute Gasteiger partial charge is 0.355 e. The molecule has 2 N–H and O–H groups in total. The molecule has 0 radical (unpaired) electrons.